The van der Waals surface area contributed by atoms with Gasteiger partial charge in [0.1, 0.15) is 12.6 Å². The molecule has 35 heavy (non-hydrogen) atoms. The standard InChI is InChI=1S/C27H39N3O4S/c1-6-18-28-27(32)24(7-2)29(19-17-22-13-9-8-10-14-22)26(31)20-30(35(5,33)34)25-16-12-11-15-23(25)21(3)4/h8-16,21,24H,6-7,17-20H2,1-5H3,(H,28,32)/t24-/m1/s1. The van der Waals surface area contributed by atoms with E-state index in [1.807, 2.05) is 70.2 Å². The van der Waals surface area contributed by atoms with Gasteiger partial charge in [-0.2, -0.15) is 0 Å². The van der Waals surface area contributed by atoms with Crippen molar-refractivity contribution >= 4 is 27.5 Å². The Bertz CT molecular complexity index is 1070. The van der Waals surface area contributed by atoms with Crippen molar-refractivity contribution in [3.8, 4) is 0 Å². The fourth-order valence-electron chi connectivity index (χ4n) is 4.06. The Morgan fingerprint density at radius 3 is 2.17 bits per heavy atom. The minimum absolute atomic E-state index is 0.0722. The van der Waals surface area contributed by atoms with Crippen LogP contribution >= 0.6 is 0 Å². The van der Waals surface area contributed by atoms with Crippen molar-refractivity contribution in [1.82, 2.24) is 10.2 Å². The zero-order chi connectivity index (χ0) is 26.0. The van der Waals surface area contributed by atoms with Crippen molar-refractivity contribution in [3.05, 3.63) is 65.7 Å². The van der Waals surface area contributed by atoms with Gasteiger partial charge in [0.25, 0.3) is 0 Å². The van der Waals surface area contributed by atoms with Crippen LogP contribution in [0.4, 0.5) is 5.69 Å². The normalized spacial score (nSPS) is 12.3. The van der Waals surface area contributed by atoms with Gasteiger partial charge in [-0.3, -0.25) is 13.9 Å². The second-order valence-corrected chi connectivity index (χ2v) is 10.9. The molecule has 1 atom stereocenters. The van der Waals surface area contributed by atoms with Crippen molar-refractivity contribution in [2.45, 2.75) is 58.9 Å². The number of carbonyl (C=O) groups excluding carboxylic acids is 2. The van der Waals surface area contributed by atoms with E-state index in [0.717, 1.165) is 28.1 Å². The predicted molar refractivity (Wildman–Crippen MR) is 142 cm³/mol. The summed E-state index contributed by atoms with van der Waals surface area (Å²) >= 11 is 0. The molecule has 0 saturated heterocycles. The number of nitrogens with zero attached hydrogens (tertiary/aromatic N) is 2. The van der Waals surface area contributed by atoms with Crippen molar-refractivity contribution in [1.29, 1.82) is 0 Å². The zero-order valence-electron chi connectivity index (χ0n) is 21.5. The van der Waals surface area contributed by atoms with Crippen LogP contribution in [0.2, 0.25) is 0 Å². The molecular formula is C27H39N3O4S. The highest BCUT2D eigenvalue weighted by molar-refractivity contribution is 7.92. The Morgan fingerprint density at radius 2 is 1.60 bits per heavy atom. The molecule has 0 saturated carbocycles. The number of nitrogens with one attached hydrogen (secondary N) is 1. The molecule has 2 rings (SSSR count). The number of rotatable bonds is 13. The maximum absolute atomic E-state index is 13.7. The van der Waals surface area contributed by atoms with Crippen LogP contribution in [0.25, 0.3) is 0 Å². The van der Waals surface area contributed by atoms with E-state index in [0.29, 0.717) is 31.6 Å². The van der Waals surface area contributed by atoms with E-state index in [9.17, 15) is 18.0 Å². The fourth-order valence-corrected chi connectivity index (χ4v) is 4.93. The van der Waals surface area contributed by atoms with E-state index in [4.69, 9.17) is 0 Å². The Morgan fingerprint density at radius 1 is 0.971 bits per heavy atom. The van der Waals surface area contributed by atoms with Gasteiger partial charge in [0.05, 0.1) is 11.9 Å². The van der Waals surface area contributed by atoms with E-state index in [1.165, 1.54) is 4.90 Å². The number of carbonyl (C=O) groups is 2. The molecule has 0 spiro atoms. The van der Waals surface area contributed by atoms with Crippen molar-refractivity contribution in [3.63, 3.8) is 0 Å². The molecule has 2 aromatic carbocycles. The van der Waals surface area contributed by atoms with Gasteiger partial charge in [0.2, 0.25) is 21.8 Å². The van der Waals surface area contributed by atoms with Gasteiger partial charge in [-0.1, -0.05) is 76.2 Å². The second-order valence-electron chi connectivity index (χ2n) is 9.02. The summed E-state index contributed by atoms with van der Waals surface area (Å²) in [5.41, 5.74) is 2.37. The van der Waals surface area contributed by atoms with Gasteiger partial charge >= 0.3 is 0 Å². The lowest BCUT2D eigenvalue weighted by atomic mass is 10.0. The van der Waals surface area contributed by atoms with Crippen LogP contribution in [-0.4, -0.2) is 57.1 Å². The summed E-state index contributed by atoms with van der Waals surface area (Å²) in [4.78, 5) is 28.2. The molecule has 0 aliphatic heterocycles. The summed E-state index contributed by atoms with van der Waals surface area (Å²) in [7, 11) is -3.75. The molecule has 0 aliphatic rings. The molecule has 0 aliphatic carbocycles. The quantitative estimate of drug-likeness (QED) is 0.450. The number of para-hydroxylation sites is 1. The molecule has 0 radical (unpaired) electrons. The Kier molecular flexibility index (Phi) is 10.8. The van der Waals surface area contributed by atoms with Crippen molar-refractivity contribution < 1.29 is 18.0 Å². The number of hydrogen-bond donors (Lipinski definition) is 1. The molecule has 2 aromatic rings. The van der Waals surface area contributed by atoms with E-state index >= 15 is 0 Å². The summed E-state index contributed by atoms with van der Waals surface area (Å²) in [6.07, 6.45) is 2.88. The van der Waals surface area contributed by atoms with E-state index < -0.39 is 22.0 Å². The van der Waals surface area contributed by atoms with Gasteiger partial charge in [0, 0.05) is 13.1 Å². The molecule has 1 N–H and O–H groups in total. The number of sulfonamides is 1. The van der Waals surface area contributed by atoms with Crippen LogP contribution in [0.3, 0.4) is 0 Å². The molecule has 192 valence electrons. The van der Waals surface area contributed by atoms with Gasteiger partial charge in [-0.25, -0.2) is 8.42 Å². The topological polar surface area (TPSA) is 86.8 Å². The minimum atomic E-state index is -3.75. The highest BCUT2D eigenvalue weighted by Crippen LogP contribution is 2.29. The smallest absolute Gasteiger partial charge is 0.244 e. The summed E-state index contributed by atoms with van der Waals surface area (Å²) in [6.45, 7) is 8.26. The molecule has 8 heteroatoms. The van der Waals surface area contributed by atoms with Crippen molar-refractivity contribution in [2.24, 2.45) is 0 Å². The van der Waals surface area contributed by atoms with Crippen LogP contribution in [-0.2, 0) is 26.0 Å². The van der Waals surface area contributed by atoms with E-state index in [-0.39, 0.29) is 18.4 Å². The van der Waals surface area contributed by atoms with Crippen LogP contribution < -0.4 is 9.62 Å². The third-order valence-electron chi connectivity index (χ3n) is 5.93. The number of anilines is 1. The first-order chi connectivity index (χ1) is 16.6. The molecule has 7 nitrogen and oxygen atoms in total. The third kappa shape index (κ3) is 8.09. The molecule has 0 aromatic heterocycles. The molecule has 2 amide bonds. The molecule has 0 unspecified atom stereocenters. The van der Waals surface area contributed by atoms with Crippen molar-refractivity contribution in [2.75, 3.05) is 30.2 Å². The Labute approximate surface area is 210 Å². The largest absolute Gasteiger partial charge is 0.354 e. The van der Waals surface area contributed by atoms with Gasteiger partial charge < -0.3 is 10.2 Å². The van der Waals surface area contributed by atoms with E-state index in [1.54, 1.807) is 12.1 Å². The SMILES string of the molecule is CCCNC(=O)[C@@H](CC)N(CCc1ccccc1)C(=O)CN(c1ccccc1C(C)C)S(C)(=O)=O. The summed E-state index contributed by atoms with van der Waals surface area (Å²) in [5.74, 6) is -0.546. The summed E-state index contributed by atoms with van der Waals surface area (Å²) < 4.78 is 26.8. The number of hydrogen-bond acceptors (Lipinski definition) is 4. The summed E-state index contributed by atoms with van der Waals surface area (Å²) in [6, 6.07) is 16.3. The van der Waals surface area contributed by atoms with Gasteiger partial charge in [0.15, 0.2) is 0 Å². The number of benzene rings is 2. The highest BCUT2D eigenvalue weighted by atomic mass is 32.2. The lowest BCUT2D eigenvalue weighted by molar-refractivity contribution is -0.139. The Hall–Kier alpha value is -2.87. The Balaban J connectivity index is 2.41. The lowest BCUT2D eigenvalue weighted by Gasteiger charge is -2.33. The first-order valence-corrected chi connectivity index (χ1v) is 14.1. The minimum Gasteiger partial charge on any atom is -0.354 e. The van der Waals surface area contributed by atoms with Crippen LogP contribution in [0.5, 0.6) is 0 Å². The first-order valence-electron chi connectivity index (χ1n) is 12.3. The molecule has 0 fully saturated rings. The van der Waals surface area contributed by atoms with E-state index in [2.05, 4.69) is 5.32 Å². The molecular weight excluding hydrogens is 462 g/mol. The lowest BCUT2D eigenvalue weighted by Crippen LogP contribution is -2.53. The average molecular weight is 502 g/mol. The maximum Gasteiger partial charge on any atom is 0.244 e. The van der Waals surface area contributed by atoms with Crippen LogP contribution in [0.1, 0.15) is 57.6 Å². The molecule has 0 bridgehead atoms. The fraction of sp³-hybridized carbons (Fsp3) is 0.481. The highest BCUT2D eigenvalue weighted by Gasteiger charge is 2.32. The predicted octanol–water partition coefficient (Wildman–Crippen LogP) is 3.95. The average Bonchev–Trinajstić information content (AvgIpc) is 2.83. The van der Waals surface area contributed by atoms with Gasteiger partial charge in [-0.05, 0) is 42.4 Å². The second kappa shape index (κ2) is 13.3. The van der Waals surface area contributed by atoms with Gasteiger partial charge in [-0.15, -0.1) is 0 Å². The number of amides is 2. The third-order valence-corrected chi connectivity index (χ3v) is 7.05. The maximum atomic E-state index is 13.7. The first kappa shape index (κ1) is 28.4. The zero-order valence-corrected chi connectivity index (χ0v) is 22.3. The molecule has 0 heterocycles. The van der Waals surface area contributed by atoms with Crippen LogP contribution in [0, 0.1) is 0 Å². The van der Waals surface area contributed by atoms with Crippen LogP contribution in [0.15, 0.2) is 54.6 Å². The monoisotopic (exact) mass is 501 g/mol. The summed E-state index contributed by atoms with van der Waals surface area (Å²) in [5, 5.41) is 2.89.